The lowest BCUT2D eigenvalue weighted by Gasteiger charge is -2.23. The number of aromatic nitrogens is 2. The molecule has 0 spiro atoms. The van der Waals surface area contributed by atoms with Gasteiger partial charge in [-0.2, -0.15) is 4.98 Å². The molecule has 2 heterocycles. The zero-order valence-electron chi connectivity index (χ0n) is 20.5. The molecule has 7 nitrogen and oxygen atoms in total. The van der Waals surface area contributed by atoms with Gasteiger partial charge in [0.2, 0.25) is 5.95 Å². The van der Waals surface area contributed by atoms with Crippen LogP contribution in [0.2, 0.25) is 5.02 Å². The summed E-state index contributed by atoms with van der Waals surface area (Å²) in [6.45, 7) is 9.80. The quantitative estimate of drug-likeness (QED) is 0.207. The number of hydrogen-bond acceptors (Lipinski definition) is 6. The highest BCUT2D eigenvalue weighted by Gasteiger charge is 2.16. The summed E-state index contributed by atoms with van der Waals surface area (Å²) >= 11 is 6.38. The van der Waals surface area contributed by atoms with E-state index < -0.39 is 0 Å². The first kappa shape index (κ1) is 25.5. The number of hydrogen-bond donors (Lipinski definition) is 3. The number of ether oxygens (including phenoxy) is 1. The van der Waals surface area contributed by atoms with E-state index in [1.54, 1.807) is 36.4 Å². The maximum Gasteiger partial charge on any atom is 0.250 e. The van der Waals surface area contributed by atoms with Crippen LogP contribution in [0.3, 0.4) is 0 Å². The maximum atomic E-state index is 14.0. The monoisotopic (exact) mass is 528 g/mol. The molecule has 0 saturated carbocycles. The minimum Gasteiger partial charge on any atom is -0.500 e. The van der Waals surface area contributed by atoms with Gasteiger partial charge in [-0.15, -0.1) is 0 Å². The van der Waals surface area contributed by atoms with E-state index in [0.717, 1.165) is 31.6 Å². The van der Waals surface area contributed by atoms with Gasteiger partial charge in [-0.05, 0) is 67.7 Å². The van der Waals surface area contributed by atoms with Crippen molar-refractivity contribution >= 4 is 40.4 Å². The molecule has 4 aromatic rings. The van der Waals surface area contributed by atoms with Gasteiger partial charge >= 0.3 is 0 Å². The third-order valence-electron chi connectivity index (χ3n) is 6.43. The normalized spacial score (nSPS) is 13.5. The summed E-state index contributed by atoms with van der Waals surface area (Å²) < 4.78 is 19.8. The fourth-order valence-corrected chi connectivity index (χ4v) is 4.53. The van der Waals surface area contributed by atoms with Crippen molar-refractivity contribution in [3.63, 3.8) is 0 Å². The molecule has 38 heavy (non-hydrogen) atoms. The first-order valence-corrected chi connectivity index (χ1v) is 12.7. The van der Waals surface area contributed by atoms with Crippen molar-refractivity contribution in [3.05, 3.63) is 106 Å². The highest BCUT2D eigenvalue weighted by Crippen LogP contribution is 2.38. The predicted molar refractivity (Wildman–Crippen MR) is 148 cm³/mol. The lowest BCUT2D eigenvalue weighted by molar-refractivity contribution is 0.302. The van der Waals surface area contributed by atoms with E-state index in [9.17, 15) is 4.39 Å². The average Bonchev–Trinajstić information content (AvgIpc) is 2.95. The number of nitrogens with one attached hydrogen (secondary N) is 3. The van der Waals surface area contributed by atoms with Crippen LogP contribution >= 0.6 is 11.6 Å². The van der Waals surface area contributed by atoms with Gasteiger partial charge in [-0.1, -0.05) is 48.0 Å². The average molecular weight is 529 g/mol. The first-order valence-electron chi connectivity index (χ1n) is 12.3. The predicted octanol–water partition coefficient (Wildman–Crippen LogP) is 7.35. The summed E-state index contributed by atoms with van der Waals surface area (Å²) in [6.07, 6.45) is 3.78. The molecule has 0 atom stereocenters. The third-order valence-corrected chi connectivity index (χ3v) is 6.70. The smallest absolute Gasteiger partial charge is 0.250 e. The summed E-state index contributed by atoms with van der Waals surface area (Å²) in [5.74, 6) is 1.25. The molecule has 1 fully saturated rings. The van der Waals surface area contributed by atoms with E-state index >= 15 is 0 Å². The number of anilines is 4. The molecular weight excluding hydrogens is 503 g/mol. The summed E-state index contributed by atoms with van der Waals surface area (Å²) in [5, 5.41) is 10.0. The zero-order valence-corrected chi connectivity index (χ0v) is 21.3. The lowest BCUT2D eigenvalue weighted by atomic mass is 9.90. The Labute approximate surface area is 225 Å². The molecule has 0 unspecified atom stereocenters. The minimum absolute atomic E-state index is 0.00258. The van der Waals surface area contributed by atoms with Crippen molar-refractivity contribution in [2.75, 3.05) is 23.7 Å². The summed E-state index contributed by atoms with van der Waals surface area (Å²) in [5.41, 5.74) is 3.30. The van der Waals surface area contributed by atoms with Gasteiger partial charge in [-0.3, -0.25) is 0 Å². The van der Waals surface area contributed by atoms with E-state index in [2.05, 4.69) is 42.9 Å². The molecule has 0 amide bonds. The van der Waals surface area contributed by atoms with Crippen LogP contribution in [0.15, 0.2) is 72.9 Å². The molecule has 5 rings (SSSR count). The van der Waals surface area contributed by atoms with E-state index in [1.165, 1.54) is 17.8 Å². The molecular formula is C29H26ClFN6O. The van der Waals surface area contributed by atoms with E-state index in [4.69, 9.17) is 22.9 Å². The van der Waals surface area contributed by atoms with Crippen molar-refractivity contribution in [1.29, 1.82) is 0 Å². The second-order valence-electron chi connectivity index (χ2n) is 8.93. The molecule has 1 saturated heterocycles. The number of piperidine rings is 1. The van der Waals surface area contributed by atoms with Crippen LogP contribution in [0, 0.1) is 12.4 Å². The Kier molecular flexibility index (Phi) is 7.98. The largest absolute Gasteiger partial charge is 0.500 e. The third kappa shape index (κ3) is 6.02. The topological polar surface area (TPSA) is 75.5 Å². The Bertz CT molecular complexity index is 1450. The second kappa shape index (κ2) is 11.9. The molecule has 1 aromatic heterocycles. The second-order valence-corrected chi connectivity index (χ2v) is 9.34. The minimum atomic E-state index is -0.361. The Hall–Kier alpha value is -4.19. The maximum absolute atomic E-state index is 14.0. The van der Waals surface area contributed by atoms with Crippen LogP contribution in [0.25, 0.3) is 4.85 Å². The Morgan fingerprint density at radius 3 is 2.58 bits per heavy atom. The summed E-state index contributed by atoms with van der Waals surface area (Å²) in [4.78, 5) is 12.4. The van der Waals surface area contributed by atoms with Crippen LogP contribution in [-0.4, -0.2) is 23.1 Å². The number of para-hydroxylation sites is 1. The van der Waals surface area contributed by atoms with E-state index in [-0.39, 0.29) is 18.1 Å². The van der Waals surface area contributed by atoms with E-state index in [0.29, 0.717) is 39.7 Å². The van der Waals surface area contributed by atoms with Gasteiger partial charge in [-0.25, -0.2) is 14.2 Å². The highest BCUT2D eigenvalue weighted by molar-refractivity contribution is 6.33. The van der Waals surface area contributed by atoms with Gasteiger partial charge in [0.25, 0.3) is 5.69 Å². The first-order chi connectivity index (χ1) is 18.6. The summed E-state index contributed by atoms with van der Waals surface area (Å²) in [7, 11) is 0. The van der Waals surface area contributed by atoms with Crippen LogP contribution in [0.4, 0.5) is 33.2 Å². The molecule has 0 aliphatic carbocycles. The Morgan fingerprint density at radius 2 is 1.82 bits per heavy atom. The molecule has 192 valence electrons. The molecule has 9 heteroatoms. The molecule has 3 aromatic carbocycles. The van der Waals surface area contributed by atoms with Crippen molar-refractivity contribution in [1.82, 2.24) is 15.3 Å². The Morgan fingerprint density at radius 1 is 1.03 bits per heavy atom. The van der Waals surface area contributed by atoms with Crippen LogP contribution < -0.4 is 20.7 Å². The Balaban J connectivity index is 1.31. The molecule has 1 aliphatic heterocycles. The highest BCUT2D eigenvalue weighted by atomic mass is 35.5. The van der Waals surface area contributed by atoms with Gasteiger partial charge < -0.3 is 20.7 Å². The number of benzene rings is 3. The number of nitrogens with zero attached hydrogens (tertiary/aromatic N) is 3. The van der Waals surface area contributed by atoms with Gasteiger partial charge in [0.15, 0.2) is 5.82 Å². The molecule has 0 bridgehead atoms. The van der Waals surface area contributed by atoms with Gasteiger partial charge in [0.1, 0.15) is 23.2 Å². The van der Waals surface area contributed by atoms with Gasteiger partial charge in [0.05, 0.1) is 12.8 Å². The van der Waals surface area contributed by atoms with Crippen molar-refractivity contribution in [2.45, 2.75) is 25.4 Å². The number of halogens is 2. The molecule has 1 aliphatic rings. The lowest BCUT2D eigenvalue weighted by Crippen LogP contribution is -2.26. The SMILES string of the molecule is [C-]#[N+]c1c(Nc2nc(Nc3ccc(C4CCNCC4)cc3)ncc2Cl)cccc1OCc1ccccc1F. The van der Waals surface area contributed by atoms with Crippen molar-refractivity contribution in [2.24, 2.45) is 0 Å². The summed E-state index contributed by atoms with van der Waals surface area (Å²) in [6, 6.07) is 19.8. The van der Waals surface area contributed by atoms with Crippen LogP contribution in [-0.2, 0) is 6.61 Å². The van der Waals surface area contributed by atoms with Crippen molar-refractivity contribution in [3.8, 4) is 5.75 Å². The molecule has 0 radical (unpaired) electrons. The fourth-order valence-electron chi connectivity index (χ4n) is 4.39. The van der Waals surface area contributed by atoms with Gasteiger partial charge in [0, 0.05) is 16.9 Å². The fraction of sp³-hybridized carbons (Fsp3) is 0.207. The van der Waals surface area contributed by atoms with E-state index in [1.807, 2.05) is 12.1 Å². The van der Waals surface area contributed by atoms with Crippen LogP contribution in [0.1, 0.15) is 29.9 Å². The number of rotatable bonds is 8. The standard InChI is InChI=1S/C29H26ClFN6O/c1-32-27-25(7-4-8-26(27)38-18-21-5-2-3-6-24(21)31)36-28-23(30)17-34-29(37-28)35-22-11-9-19(10-12-22)20-13-15-33-16-14-20/h2-12,17,20,33H,13-16,18H2,(H2,34,35,36,37). The van der Waals surface area contributed by atoms with Crippen molar-refractivity contribution < 1.29 is 9.13 Å². The zero-order chi connectivity index (χ0) is 26.3. The van der Waals surface area contributed by atoms with Crippen LogP contribution in [0.5, 0.6) is 5.75 Å². The molecule has 3 N–H and O–H groups in total.